The molecule has 104 valence electrons. The number of thiazole rings is 1. The quantitative estimate of drug-likeness (QED) is 0.850. The zero-order chi connectivity index (χ0) is 13.5. The second kappa shape index (κ2) is 4.82. The number of amides is 1. The molecule has 4 rings (SSSR count). The Morgan fingerprint density at radius 3 is 2.70 bits per heavy atom. The van der Waals surface area contributed by atoms with E-state index in [4.69, 9.17) is 0 Å². The van der Waals surface area contributed by atoms with Crippen LogP contribution in [-0.2, 0) is 0 Å². The number of fused-ring (bicyclic) bond motifs is 1. The Morgan fingerprint density at radius 1 is 1.20 bits per heavy atom. The van der Waals surface area contributed by atoms with E-state index in [1.807, 2.05) is 29.2 Å². The minimum Gasteiger partial charge on any atom is -0.333 e. The number of hydrogen-bond acceptors (Lipinski definition) is 4. The lowest BCUT2D eigenvalue weighted by molar-refractivity contribution is 0.0334. The van der Waals surface area contributed by atoms with Gasteiger partial charge in [-0.2, -0.15) is 0 Å². The maximum atomic E-state index is 12.4. The molecule has 20 heavy (non-hydrogen) atoms. The van der Waals surface area contributed by atoms with Crippen molar-refractivity contribution < 1.29 is 4.79 Å². The Kier molecular flexibility index (Phi) is 2.97. The van der Waals surface area contributed by atoms with Crippen molar-refractivity contribution in [3.63, 3.8) is 0 Å². The Labute approximate surface area is 122 Å². The summed E-state index contributed by atoms with van der Waals surface area (Å²) in [4.78, 5) is 21.3. The first-order chi connectivity index (χ1) is 9.81. The molecule has 2 aromatic rings. The largest absolute Gasteiger partial charge is 0.333 e. The molecule has 4 nitrogen and oxygen atoms in total. The number of likely N-dealkylation sites (tertiary alicyclic amines) is 2. The highest BCUT2D eigenvalue weighted by Crippen LogP contribution is 2.26. The van der Waals surface area contributed by atoms with Gasteiger partial charge in [-0.3, -0.25) is 9.69 Å². The lowest BCUT2D eigenvalue weighted by Crippen LogP contribution is -2.60. The molecule has 0 spiro atoms. The number of aromatic nitrogens is 1. The van der Waals surface area contributed by atoms with Gasteiger partial charge in [0, 0.05) is 19.1 Å². The van der Waals surface area contributed by atoms with E-state index in [0.29, 0.717) is 11.0 Å². The van der Waals surface area contributed by atoms with Crippen LogP contribution in [0.2, 0.25) is 0 Å². The van der Waals surface area contributed by atoms with Gasteiger partial charge in [-0.05, 0) is 38.1 Å². The Bertz CT molecular complexity index is 608. The fraction of sp³-hybridized carbons (Fsp3) is 0.467. The molecule has 0 aliphatic carbocycles. The number of benzene rings is 1. The van der Waals surface area contributed by atoms with Crippen molar-refractivity contribution in [1.82, 2.24) is 14.8 Å². The zero-order valence-corrected chi connectivity index (χ0v) is 12.1. The standard InChI is InChI=1S/C15H17N3OS/c19-15(14-16-12-5-1-2-6-13(12)20-14)18-9-11(10-18)17-7-3-4-8-17/h1-2,5-6,11H,3-4,7-10H2. The van der Waals surface area contributed by atoms with Gasteiger partial charge in [0.2, 0.25) is 0 Å². The van der Waals surface area contributed by atoms with Crippen LogP contribution < -0.4 is 0 Å². The highest BCUT2D eigenvalue weighted by atomic mass is 32.1. The first-order valence-electron chi connectivity index (χ1n) is 7.20. The molecule has 2 aliphatic rings. The van der Waals surface area contributed by atoms with Crippen LogP contribution in [0.4, 0.5) is 0 Å². The third-order valence-electron chi connectivity index (χ3n) is 4.28. The first-order valence-corrected chi connectivity index (χ1v) is 8.02. The normalized spacial score (nSPS) is 20.5. The van der Waals surface area contributed by atoms with E-state index in [1.165, 1.54) is 37.3 Å². The predicted octanol–water partition coefficient (Wildman–Crippen LogP) is 2.22. The third kappa shape index (κ3) is 2.01. The van der Waals surface area contributed by atoms with Crippen LogP contribution in [0.15, 0.2) is 24.3 Å². The van der Waals surface area contributed by atoms with Crippen LogP contribution in [-0.4, -0.2) is 52.9 Å². The topological polar surface area (TPSA) is 36.4 Å². The molecular formula is C15H17N3OS. The van der Waals surface area contributed by atoms with Crippen LogP contribution >= 0.6 is 11.3 Å². The zero-order valence-electron chi connectivity index (χ0n) is 11.3. The molecule has 1 aromatic carbocycles. The summed E-state index contributed by atoms with van der Waals surface area (Å²) in [7, 11) is 0. The van der Waals surface area contributed by atoms with Crippen LogP contribution in [0.5, 0.6) is 0 Å². The van der Waals surface area contributed by atoms with E-state index in [0.717, 1.165) is 23.3 Å². The maximum absolute atomic E-state index is 12.4. The minimum absolute atomic E-state index is 0.0987. The molecule has 0 saturated carbocycles. The van der Waals surface area contributed by atoms with Gasteiger partial charge >= 0.3 is 0 Å². The molecule has 2 saturated heterocycles. The number of rotatable bonds is 2. The van der Waals surface area contributed by atoms with Crippen molar-refractivity contribution in [3.8, 4) is 0 Å². The molecule has 5 heteroatoms. The second-order valence-corrected chi connectivity index (χ2v) is 6.62. The first kappa shape index (κ1) is 12.3. The molecule has 1 amide bonds. The number of carbonyl (C=O) groups is 1. The van der Waals surface area contributed by atoms with Gasteiger partial charge in [-0.1, -0.05) is 12.1 Å². The maximum Gasteiger partial charge on any atom is 0.282 e. The summed E-state index contributed by atoms with van der Waals surface area (Å²) in [6, 6.07) is 8.51. The van der Waals surface area contributed by atoms with Crippen LogP contribution in [0.1, 0.15) is 22.6 Å². The molecule has 2 fully saturated rings. The lowest BCUT2D eigenvalue weighted by Gasteiger charge is -2.43. The summed E-state index contributed by atoms with van der Waals surface area (Å²) in [5.41, 5.74) is 0.928. The van der Waals surface area contributed by atoms with Crippen molar-refractivity contribution in [2.45, 2.75) is 18.9 Å². The van der Waals surface area contributed by atoms with Crippen molar-refractivity contribution >= 4 is 27.5 Å². The molecule has 0 bridgehead atoms. The van der Waals surface area contributed by atoms with E-state index in [2.05, 4.69) is 9.88 Å². The van der Waals surface area contributed by atoms with Crippen LogP contribution in [0.3, 0.4) is 0 Å². The number of nitrogens with zero attached hydrogens (tertiary/aromatic N) is 3. The van der Waals surface area contributed by atoms with Gasteiger partial charge in [-0.25, -0.2) is 4.98 Å². The van der Waals surface area contributed by atoms with Crippen molar-refractivity contribution in [3.05, 3.63) is 29.3 Å². The minimum atomic E-state index is 0.0987. The molecule has 3 heterocycles. The van der Waals surface area contributed by atoms with E-state index in [1.54, 1.807) is 0 Å². The summed E-state index contributed by atoms with van der Waals surface area (Å²) < 4.78 is 1.09. The summed E-state index contributed by atoms with van der Waals surface area (Å²) in [5.74, 6) is 0.0987. The van der Waals surface area contributed by atoms with Crippen molar-refractivity contribution in [2.75, 3.05) is 26.2 Å². The molecule has 0 N–H and O–H groups in total. The smallest absolute Gasteiger partial charge is 0.282 e. The van der Waals surface area contributed by atoms with Gasteiger partial charge in [0.1, 0.15) is 0 Å². The average Bonchev–Trinajstić information content (AvgIpc) is 3.05. The molecule has 0 atom stereocenters. The predicted molar refractivity (Wildman–Crippen MR) is 80.1 cm³/mol. The van der Waals surface area contributed by atoms with Crippen molar-refractivity contribution in [2.24, 2.45) is 0 Å². The summed E-state index contributed by atoms with van der Waals surface area (Å²) in [6.07, 6.45) is 2.62. The molecule has 0 radical (unpaired) electrons. The average molecular weight is 287 g/mol. The number of carbonyl (C=O) groups excluding carboxylic acids is 1. The Hall–Kier alpha value is -1.46. The monoisotopic (exact) mass is 287 g/mol. The molecule has 0 unspecified atom stereocenters. The van der Waals surface area contributed by atoms with E-state index in [9.17, 15) is 4.79 Å². The summed E-state index contributed by atoms with van der Waals surface area (Å²) in [6.45, 7) is 4.14. The summed E-state index contributed by atoms with van der Waals surface area (Å²) in [5, 5.41) is 0.631. The van der Waals surface area contributed by atoms with Gasteiger partial charge in [0.15, 0.2) is 5.01 Å². The van der Waals surface area contributed by atoms with Gasteiger partial charge in [0.05, 0.1) is 10.2 Å². The molecule has 1 aromatic heterocycles. The summed E-state index contributed by atoms with van der Waals surface area (Å²) >= 11 is 1.50. The SMILES string of the molecule is O=C(c1nc2ccccc2s1)N1CC(N2CCCC2)C1. The van der Waals surface area contributed by atoms with E-state index in [-0.39, 0.29) is 5.91 Å². The third-order valence-corrected chi connectivity index (χ3v) is 5.31. The fourth-order valence-corrected chi connectivity index (χ4v) is 3.99. The van der Waals surface area contributed by atoms with Crippen LogP contribution in [0.25, 0.3) is 10.2 Å². The Balaban J connectivity index is 1.45. The van der Waals surface area contributed by atoms with E-state index >= 15 is 0 Å². The van der Waals surface area contributed by atoms with Gasteiger partial charge in [0.25, 0.3) is 5.91 Å². The highest BCUT2D eigenvalue weighted by molar-refractivity contribution is 7.20. The highest BCUT2D eigenvalue weighted by Gasteiger charge is 2.36. The van der Waals surface area contributed by atoms with Gasteiger partial charge < -0.3 is 4.90 Å². The van der Waals surface area contributed by atoms with Crippen LogP contribution in [0, 0.1) is 0 Å². The van der Waals surface area contributed by atoms with E-state index < -0.39 is 0 Å². The number of para-hydroxylation sites is 1. The lowest BCUT2D eigenvalue weighted by atomic mass is 10.1. The Morgan fingerprint density at radius 2 is 1.95 bits per heavy atom. The number of hydrogen-bond donors (Lipinski definition) is 0. The van der Waals surface area contributed by atoms with Gasteiger partial charge in [-0.15, -0.1) is 11.3 Å². The molecular weight excluding hydrogens is 270 g/mol. The second-order valence-electron chi connectivity index (χ2n) is 5.59. The van der Waals surface area contributed by atoms with Crippen molar-refractivity contribution in [1.29, 1.82) is 0 Å². The molecule has 2 aliphatic heterocycles. The fourth-order valence-electron chi connectivity index (χ4n) is 3.06.